The Kier molecular flexibility index (Phi) is 9.71. The van der Waals surface area contributed by atoms with E-state index in [1.807, 2.05) is 24.3 Å². The molecule has 1 aromatic heterocycles. The molecule has 9 nitrogen and oxygen atoms in total. The highest BCUT2D eigenvalue weighted by Gasteiger charge is 2.38. The molecule has 1 unspecified atom stereocenters. The number of alkyl halides is 6. The molecule has 1 aromatic carbocycles. The van der Waals surface area contributed by atoms with Crippen molar-refractivity contribution in [3.63, 3.8) is 0 Å². The summed E-state index contributed by atoms with van der Waals surface area (Å²) in [4.78, 5) is 27.1. The van der Waals surface area contributed by atoms with Gasteiger partial charge in [-0.3, -0.25) is 4.90 Å². The van der Waals surface area contributed by atoms with E-state index in [-0.39, 0.29) is 0 Å². The molecule has 0 saturated carbocycles. The van der Waals surface area contributed by atoms with Gasteiger partial charge in [-0.2, -0.15) is 31.3 Å². The zero-order valence-electron chi connectivity index (χ0n) is 18.2. The predicted molar refractivity (Wildman–Crippen MR) is 109 cm³/mol. The number of fused-ring (bicyclic) bond motifs is 1. The van der Waals surface area contributed by atoms with E-state index in [4.69, 9.17) is 29.0 Å². The van der Waals surface area contributed by atoms with Crippen molar-refractivity contribution in [2.75, 3.05) is 44.2 Å². The number of halogens is 6. The maximum Gasteiger partial charge on any atom is 0.490 e. The van der Waals surface area contributed by atoms with Crippen molar-refractivity contribution in [2.45, 2.75) is 31.3 Å². The lowest BCUT2D eigenvalue weighted by Gasteiger charge is -2.34. The quantitative estimate of drug-likeness (QED) is 0.594. The molecule has 2 aromatic rings. The second-order valence-electron chi connectivity index (χ2n) is 7.49. The van der Waals surface area contributed by atoms with E-state index in [1.165, 1.54) is 12.8 Å². The van der Waals surface area contributed by atoms with Gasteiger partial charge < -0.3 is 24.3 Å². The number of hydrogen-bond donors (Lipinski definition) is 2. The van der Waals surface area contributed by atoms with Crippen molar-refractivity contribution in [3.05, 3.63) is 24.3 Å². The molecule has 3 heterocycles. The molecule has 4 rings (SSSR count). The van der Waals surface area contributed by atoms with Crippen molar-refractivity contribution in [2.24, 2.45) is 0 Å². The van der Waals surface area contributed by atoms with Crippen LogP contribution in [0.2, 0.25) is 0 Å². The van der Waals surface area contributed by atoms with Crippen molar-refractivity contribution in [1.82, 2.24) is 9.88 Å². The Bertz CT molecular complexity index is 909. The van der Waals surface area contributed by atoms with Crippen LogP contribution in [0.1, 0.15) is 12.8 Å². The Hall–Kier alpha value is -3.07. The highest BCUT2D eigenvalue weighted by molar-refractivity contribution is 5.74. The molecule has 1 atom stereocenters. The zero-order valence-corrected chi connectivity index (χ0v) is 18.2. The molecule has 196 valence electrons. The summed E-state index contributed by atoms with van der Waals surface area (Å²) in [5, 5.41) is 14.2. The Morgan fingerprint density at radius 3 is 1.97 bits per heavy atom. The van der Waals surface area contributed by atoms with Gasteiger partial charge in [0, 0.05) is 39.3 Å². The molecule has 0 spiro atoms. The molecule has 2 aliphatic heterocycles. The summed E-state index contributed by atoms with van der Waals surface area (Å²) >= 11 is 0. The Morgan fingerprint density at radius 2 is 1.51 bits per heavy atom. The molecule has 0 aliphatic carbocycles. The topological polar surface area (TPSA) is 116 Å². The van der Waals surface area contributed by atoms with E-state index in [0.717, 1.165) is 56.4 Å². The number of ether oxygens (including phenoxy) is 1. The number of carboxylic acid groups (broad SMARTS) is 2. The van der Waals surface area contributed by atoms with Crippen molar-refractivity contribution < 1.29 is 55.3 Å². The van der Waals surface area contributed by atoms with E-state index in [9.17, 15) is 26.3 Å². The maximum absolute atomic E-state index is 10.6. The molecule has 0 bridgehead atoms. The second-order valence-corrected chi connectivity index (χ2v) is 7.49. The molecule has 0 radical (unpaired) electrons. The predicted octanol–water partition coefficient (Wildman–Crippen LogP) is 3.40. The van der Waals surface area contributed by atoms with E-state index in [2.05, 4.69) is 14.8 Å². The zero-order chi connectivity index (χ0) is 26.2. The minimum absolute atomic E-state index is 0.445. The van der Waals surface area contributed by atoms with Crippen LogP contribution in [0, 0.1) is 0 Å². The summed E-state index contributed by atoms with van der Waals surface area (Å²) in [5.74, 6) is -5.51. The number of aromatic nitrogens is 1. The summed E-state index contributed by atoms with van der Waals surface area (Å²) in [6.07, 6.45) is -7.29. The largest absolute Gasteiger partial charge is 0.490 e. The van der Waals surface area contributed by atoms with Crippen LogP contribution in [-0.4, -0.2) is 89.8 Å². The minimum Gasteiger partial charge on any atom is -0.475 e. The number of benzene rings is 1. The maximum atomic E-state index is 10.6. The summed E-state index contributed by atoms with van der Waals surface area (Å²) in [6, 6.07) is 8.70. The second kappa shape index (κ2) is 12.1. The lowest BCUT2D eigenvalue weighted by molar-refractivity contribution is -0.193. The Balaban J connectivity index is 0.000000257. The van der Waals surface area contributed by atoms with E-state index in [1.54, 1.807) is 0 Å². The number of hydrogen-bond acceptors (Lipinski definition) is 7. The standard InChI is InChI=1S/C16H21N3O2.2C2HF3O2/c1-2-6-15-14(5-1)17-16(21-15)19-9-7-18(8-10-19)12-13-4-3-11-20-13;2*3-2(4,5)1(6)7/h1-2,5-6,13H,3-4,7-12H2;2*(H,6,7). The summed E-state index contributed by atoms with van der Waals surface area (Å²) in [6.45, 7) is 6.06. The molecule has 2 saturated heterocycles. The third kappa shape index (κ3) is 9.24. The van der Waals surface area contributed by atoms with E-state index in [0.29, 0.717) is 6.10 Å². The molecular formula is C20H23F6N3O6. The number of para-hydroxylation sites is 2. The number of carbonyl (C=O) groups is 2. The van der Waals surface area contributed by atoms with Crippen LogP contribution in [0.4, 0.5) is 32.4 Å². The minimum atomic E-state index is -5.08. The van der Waals surface area contributed by atoms with Gasteiger partial charge in [0.05, 0.1) is 6.10 Å². The number of oxazole rings is 1. The van der Waals surface area contributed by atoms with Gasteiger partial charge >= 0.3 is 24.3 Å². The van der Waals surface area contributed by atoms with Crippen molar-refractivity contribution in [1.29, 1.82) is 0 Å². The van der Waals surface area contributed by atoms with Crippen molar-refractivity contribution in [3.8, 4) is 0 Å². The number of piperazine rings is 1. The number of aliphatic carboxylic acids is 2. The van der Waals surface area contributed by atoms with Crippen LogP contribution in [-0.2, 0) is 14.3 Å². The van der Waals surface area contributed by atoms with Crippen LogP contribution >= 0.6 is 0 Å². The third-order valence-electron chi connectivity index (χ3n) is 4.90. The van der Waals surface area contributed by atoms with Gasteiger partial charge in [-0.1, -0.05) is 12.1 Å². The molecular weight excluding hydrogens is 492 g/mol. The Labute approximate surface area is 194 Å². The number of rotatable bonds is 3. The molecule has 2 aliphatic rings. The van der Waals surface area contributed by atoms with Gasteiger partial charge in [0.1, 0.15) is 5.52 Å². The van der Waals surface area contributed by atoms with Gasteiger partial charge in [0.15, 0.2) is 5.58 Å². The van der Waals surface area contributed by atoms with Crippen LogP contribution in [0.5, 0.6) is 0 Å². The van der Waals surface area contributed by atoms with E-state index < -0.39 is 24.3 Å². The first-order valence-corrected chi connectivity index (χ1v) is 10.3. The first-order valence-electron chi connectivity index (χ1n) is 10.3. The van der Waals surface area contributed by atoms with Crippen LogP contribution in [0.15, 0.2) is 28.7 Å². The lowest BCUT2D eigenvalue weighted by Crippen LogP contribution is -2.48. The fourth-order valence-corrected chi connectivity index (χ4v) is 3.19. The van der Waals surface area contributed by atoms with Crippen LogP contribution in [0.3, 0.4) is 0 Å². The van der Waals surface area contributed by atoms with Crippen LogP contribution < -0.4 is 4.90 Å². The van der Waals surface area contributed by atoms with E-state index >= 15 is 0 Å². The van der Waals surface area contributed by atoms with Gasteiger partial charge in [-0.25, -0.2) is 9.59 Å². The lowest BCUT2D eigenvalue weighted by atomic mass is 10.2. The first-order chi connectivity index (χ1) is 16.3. The number of carboxylic acids is 2. The summed E-state index contributed by atoms with van der Waals surface area (Å²) in [5.41, 5.74) is 1.81. The highest BCUT2D eigenvalue weighted by Crippen LogP contribution is 2.23. The molecule has 2 N–H and O–H groups in total. The average Bonchev–Trinajstić information content (AvgIpc) is 3.43. The first kappa shape index (κ1) is 28.2. The number of nitrogens with zero attached hydrogens (tertiary/aromatic N) is 3. The molecule has 35 heavy (non-hydrogen) atoms. The van der Waals surface area contributed by atoms with Gasteiger partial charge in [0.2, 0.25) is 0 Å². The van der Waals surface area contributed by atoms with Gasteiger partial charge in [-0.15, -0.1) is 0 Å². The summed E-state index contributed by atoms with van der Waals surface area (Å²) < 4.78 is 75.0. The highest BCUT2D eigenvalue weighted by atomic mass is 19.4. The normalized spacial score (nSPS) is 18.9. The smallest absolute Gasteiger partial charge is 0.475 e. The van der Waals surface area contributed by atoms with Crippen molar-refractivity contribution >= 4 is 29.1 Å². The average molecular weight is 515 g/mol. The Morgan fingerprint density at radius 1 is 0.971 bits per heavy atom. The summed E-state index contributed by atoms with van der Waals surface area (Å²) in [7, 11) is 0. The molecule has 0 amide bonds. The molecule has 2 fully saturated rings. The van der Waals surface area contributed by atoms with Crippen LogP contribution in [0.25, 0.3) is 11.1 Å². The number of anilines is 1. The van der Waals surface area contributed by atoms with Gasteiger partial charge in [0.25, 0.3) is 6.01 Å². The fourth-order valence-electron chi connectivity index (χ4n) is 3.19. The SMILES string of the molecule is O=C(O)C(F)(F)F.O=C(O)C(F)(F)F.c1ccc2oc(N3CCN(CC4CCCO4)CC3)nc2c1. The monoisotopic (exact) mass is 515 g/mol. The third-order valence-corrected chi connectivity index (χ3v) is 4.90. The van der Waals surface area contributed by atoms with Gasteiger partial charge in [-0.05, 0) is 25.0 Å². The molecule has 15 heteroatoms. The fraction of sp³-hybridized carbons (Fsp3) is 0.550.